The standard InChI is InChI=1S/C47H82N8O7S/c1-11-12-13-14-15-16-17-18-19-20-21-22-23-24-26-51-45(57)40(29-33(4)5)54(46(58)39(48)28-32(2)3)27-25-38(42(56)44-52-37(9)62-53-44)31-55(47(49)50)63(59,60)43-34(6)30-41(61-10)35(7)36(43)8/h30,32-33,38-40H,11-29,31,48H2,1-10H3,(H3,49,50)(H,51,57)/t38?,39-,40-/m0/s1. The van der Waals surface area contributed by atoms with E-state index >= 15 is 0 Å². The zero-order chi connectivity index (χ0) is 47.3. The van der Waals surface area contributed by atoms with Gasteiger partial charge in [-0.1, -0.05) is 123 Å². The molecule has 0 spiro atoms. The molecule has 2 amide bonds. The zero-order valence-electron chi connectivity index (χ0n) is 40.3. The zero-order valence-corrected chi connectivity index (χ0v) is 41.1. The van der Waals surface area contributed by atoms with Crippen molar-refractivity contribution in [1.82, 2.24) is 24.7 Å². The first-order chi connectivity index (χ1) is 29.8. The van der Waals surface area contributed by atoms with Gasteiger partial charge in [0.25, 0.3) is 10.0 Å². The van der Waals surface area contributed by atoms with Crippen molar-refractivity contribution in [2.45, 2.75) is 188 Å². The summed E-state index contributed by atoms with van der Waals surface area (Å²) in [6.07, 6.45) is 17.7. The second-order valence-corrected chi connectivity index (χ2v) is 20.0. The lowest BCUT2D eigenvalue weighted by Gasteiger charge is -2.35. The molecule has 0 bridgehead atoms. The molecule has 0 aliphatic carbocycles. The van der Waals surface area contributed by atoms with Gasteiger partial charge in [0, 0.05) is 32.5 Å². The number of benzene rings is 1. The maximum Gasteiger partial charge on any atom is 0.267 e. The fraction of sp³-hybridized carbons (Fsp3) is 0.745. The minimum Gasteiger partial charge on any atom is -0.496 e. The summed E-state index contributed by atoms with van der Waals surface area (Å²) in [5.74, 6) is -3.03. The second kappa shape index (κ2) is 28.0. The lowest BCUT2D eigenvalue weighted by Crippen LogP contribution is -2.55. The Hall–Kier alpha value is -4.05. The Balaban J connectivity index is 2.34. The highest BCUT2D eigenvalue weighted by Gasteiger charge is 2.38. The molecule has 0 aliphatic rings. The van der Waals surface area contributed by atoms with E-state index in [1.54, 1.807) is 26.8 Å². The number of hydrogen-bond acceptors (Lipinski definition) is 11. The van der Waals surface area contributed by atoms with Crippen molar-refractivity contribution >= 4 is 33.6 Å². The van der Waals surface area contributed by atoms with Crippen molar-refractivity contribution in [3.8, 4) is 5.75 Å². The van der Waals surface area contributed by atoms with E-state index in [2.05, 4.69) is 22.4 Å². The van der Waals surface area contributed by atoms with Crippen LogP contribution in [-0.4, -0.2) is 90.1 Å². The summed E-state index contributed by atoms with van der Waals surface area (Å²) in [5, 5.41) is 15.4. The van der Waals surface area contributed by atoms with E-state index in [9.17, 15) is 22.8 Å². The van der Waals surface area contributed by atoms with Crippen LogP contribution in [0.15, 0.2) is 15.5 Å². The summed E-state index contributed by atoms with van der Waals surface area (Å²) in [7, 11) is -3.03. The monoisotopic (exact) mass is 903 g/mol. The number of aromatic nitrogens is 2. The molecule has 1 heterocycles. The molecule has 1 aromatic carbocycles. The molecule has 0 fully saturated rings. The van der Waals surface area contributed by atoms with Crippen LogP contribution in [0.1, 0.15) is 177 Å². The first-order valence-electron chi connectivity index (χ1n) is 23.5. The Morgan fingerprint density at radius 3 is 1.87 bits per heavy atom. The maximum absolute atomic E-state index is 14.5. The topological polar surface area (TPSA) is 228 Å². The van der Waals surface area contributed by atoms with E-state index in [-0.39, 0.29) is 47.3 Å². The van der Waals surface area contributed by atoms with Gasteiger partial charge in [0.15, 0.2) is 0 Å². The third kappa shape index (κ3) is 17.8. The average Bonchev–Trinajstić information content (AvgIpc) is 3.66. The van der Waals surface area contributed by atoms with Crippen LogP contribution >= 0.6 is 0 Å². The predicted molar refractivity (Wildman–Crippen MR) is 250 cm³/mol. The molecule has 2 aromatic rings. The molecule has 358 valence electrons. The Labute approximate surface area is 379 Å². The fourth-order valence-electron chi connectivity index (χ4n) is 8.16. The van der Waals surface area contributed by atoms with Crippen LogP contribution in [0.2, 0.25) is 0 Å². The van der Waals surface area contributed by atoms with Crippen molar-refractivity contribution in [3.05, 3.63) is 34.5 Å². The van der Waals surface area contributed by atoms with Gasteiger partial charge in [0.1, 0.15) is 11.8 Å². The highest BCUT2D eigenvalue weighted by molar-refractivity contribution is 7.89. The van der Waals surface area contributed by atoms with Crippen molar-refractivity contribution in [1.29, 1.82) is 5.41 Å². The van der Waals surface area contributed by atoms with Crippen molar-refractivity contribution < 1.29 is 32.1 Å². The number of methoxy groups -OCH3 is 1. The summed E-state index contributed by atoms with van der Waals surface area (Å²) in [5.41, 5.74) is 13.9. The molecule has 3 atom stereocenters. The predicted octanol–water partition coefficient (Wildman–Crippen LogP) is 8.30. The van der Waals surface area contributed by atoms with E-state index in [4.69, 9.17) is 26.1 Å². The van der Waals surface area contributed by atoms with Crippen LogP contribution in [0.3, 0.4) is 0 Å². The largest absolute Gasteiger partial charge is 0.496 e. The van der Waals surface area contributed by atoms with Gasteiger partial charge < -0.3 is 30.9 Å². The Morgan fingerprint density at radius 1 is 0.857 bits per heavy atom. The first kappa shape index (κ1) is 55.1. The number of sulfonamides is 1. The lowest BCUT2D eigenvalue weighted by atomic mass is 9.95. The molecule has 0 saturated heterocycles. The van der Waals surface area contributed by atoms with Crippen LogP contribution in [0.5, 0.6) is 5.75 Å². The number of ketones is 1. The molecule has 1 unspecified atom stereocenters. The molecule has 0 radical (unpaired) electrons. The van der Waals surface area contributed by atoms with Crippen LogP contribution in [0, 0.1) is 50.9 Å². The molecule has 63 heavy (non-hydrogen) atoms. The molecular formula is C47H82N8O7S. The van der Waals surface area contributed by atoms with Gasteiger partial charge in [-0.25, -0.2) is 12.7 Å². The number of nitrogens with one attached hydrogen (secondary N) is 2. The number of carbonyl (C=O) groups excluding carboxylic acids is 3. The highest BCUT2D eigenvalue weighted by atomic mass is 32.2. The number of ether oxygens (including phenoxy) is 1. The van der Waals surface area contributed by atoms with Gasteiger partial charge in [0.2, 0.25) is 35.3 Å². The number of unbranched alkanes of at least 4 members (excludes halogenated alkanes) is 13. The van der Waals surface area contributed by atoms with E-state index in [1.807, 2.05) is 27.7 Å². The smallest absolute Gasteiger partial charge is 0.267 e. The van der Waals surface area contributed by atoms with Gasteiger partial charge in [-0.2, -0.15) is 4.98 Å². The Morgan fingerprint density at radius 2 is 1.40 bits per heavy atom. The van der Waals surface area contributed by atoms with E-state index in [0.29, 0.717) is 46.1 Å². The highest BCUT2D eigenvalue weighted by Crippen LogP contribution is 2.33. The van der Waals surface area contributed by atoms with Gasteiger partial charge >= 0.3 is 0 Å². The lowest BCUT2D eigenvalue weighted by molar-refractivity contribution is -0.142. The number of hydrogen-bond donors (Lipinski definition) is 4. The summed E-state index contributed by atoms with van der Waals surface area (Å²) >= 11 is 0. The van der Waals surface area contributed by atoms with Crippen molar-refractivity contribution in [3.63, 3.8) is 0 Å². The van der Waals surface area contributed by atoms with E-state index in [1.165, 1.54) is 89.6 Å². The van der Waals surface area contributed by atoms with Crippen LogP contribution in [0.4, 0.5) is 0 Å². The summed E-state index contributed by atoms with van der Waals surface area (Å²) in [6.45, 7) is 16.4. The molecule has 0 saturated carbocycles. The van der Waals surface area contributed by atoms with E-state index in [0.717, 1.165) is 19.3 Å². The SMILES string of the molecule is CCCCCCCCCCCCCCCCNC(=O)[C@H](CC(C)C)N(CCC(CN(C(=N)N)S(=O)(=O)c1c(C)cc(OC)c(C)c1C)C(=O)c1noc(C)n1)C(=O)[C@@H](N)CC(C)C. The van der Waals surface area contributed by atoms with Gasteiger partial charge in [-0.05, 0) is 81.0 Å². The molecule has 0 aliphatic heterocycles. The van der Waals surface area contributed by atoms with Crippen LogP contribution in [-0.2, 0) is 19.6 Å². The van der Waals surface area contributed by atoms with Crippen molar-refractivity contribution in [2.24, 2.45) is 29.2 Å². The number of Topliss-reactive ketones (excluding diaryl/α,β-unsaturated/α-hetero) is 1. The molecule has 15 nitrogen and oxygen atoms in total. The summed E-state index contributed by atoms with van der Waals surface area (Å²) in [4.78, 5) is 48.2. The molecule has 16 heteroatoms. The number of amides is 2. The molecule has 1 aromatic heterocycles. The van der Waals surface area contributed by atoms with E-state index < -0.39 is 52.2 Å². The summed E-state index contributed by atoms with van der Waals surface area (Å²) < 4.78 is 40.2. The number of carbonyl (C=O) groups is 3. The van der Waals surface area contributed by atoms with Crippen LogP contribution < -0.4 is 21.5 Å². The second-order valence-electron chi connectivity index (χ2n) is 18.2. The van der Waals surface area contributed by atoms with Gasteiger partial charge in [-0.15, -0.1) is 0 Å². The molecular weight excluding hydrogens is 821 g/mol. The maximum atomic E-state index is 14.5. The van der Waals surface area contributed by atoms with Crippen molar-refractivity contribution in [2.75, 3.05) is 26.7 Å². The quantitative estimate of drug-likeness (QED) is 0.0236. The number of guanidine groups is 1. The number of aryl methyl sites for hydroxylation is 2. The minimum atomic E-state index is -4.52. The Kier molecular flexibility index (Phi) is 24.5. The molecule has 2 rings (SSSR count). The number of nitrogens with two attached hydrogens (primary N) is 2. The third-order valence-electron chi connectivity index (χ3n) is 11.8. The number of rotatable bonds is 32. The van der Waals surface area contributed by atoms with Crippen LogP contribution in [0.25, 0.3) is 0 Å². The fourth-order valence-corrected chi connectivity index (χ4v) is 10.0. The molecule has 6 N–H and O–H groups in total. The third-order valence-corrected chi connectivity index (χ3v) is 13.8. The van der Waals surface area contributed by atoms with Gasteiger partial charge in [0.05, 0.1) is 18.0 Å². The summed E-state index contributed by atoms with van der Waals surface area (Å²) in [6, 6.07) is -0.238. The average molecular weight is 903 g/mol. The first-order valence-corrected chi connectivity index (χ1v) is 24.9. The number of nitrogens with zero attached hydrogens (tertiary/aromatic N) is 4. The van der Waals surface area contributed by atoms with Gasteiger partial charge in [-0.3, -0.25) is 19.8 Å². The Bertz CT molecular complexity index is 1850. The normalized spacial score (nSPS) is 13.2. The minimum absolute atomic E-state index is 0.0101.